The van der Waals surface area contributed by atoms with Gasteiger partial charge in [0.25, 0.3) is 11.8 Å². The van der Waals surface area contributed by atoms with E-state index in [0.29, 0.717) is 54.2 Å². The van der Waals surface area contributed by atoms with Gasteiger partial charge in [0.1, 0.15) is 5.75 Å². The number of carbonyl (C=O) groups is 3. The van der Waals surface area contributed by atoms with E-state index in [4.69, 9.17) is 4.74 Å². The van der Waals surface area contributed by atoms with Crippen molar-refractivity contribution in [2.24, 2.45) is 0 Å². The van der Waals surface area contributed by atoms with E-state index in [9.17, 15) is 14.4 Å². The summed E-state index contributed by atoms with van der Waals surface area (Å²) in [6, 6.07) is 22.8. The van der Waals surface area contributed by atoms with Gasteiger partial charge in [0.2, 0.25) is 0 Å². The van der Waals surface area contributed by atoms with Crippen molar-refractivity contribution < 1.29 is 19.1 Å². The predicted octanol–water partition coefficient (Wildman–Crippen LogP) is 3.52. The Kier molecular flexibility index (Phi) is 6.31. The smallest absolute Gasteiger partial charge is 0.254 e. The number of benzene rings is 3. The molecule has 6 heteroatoms. The predicted molar refractivity (Wildman–Crippen MR) is 121 cm³/mol. The molecular weight excluding hydrogens is 404 g/mol. The molecule has 32 heavy (non-hydrogen) atoms. The van der Waals surface area contributed by atoms with Crippen LogP contribution in [0.1, 0.15) is 36.6 Å². The fourth-order valence-corrected chi connectivity index (χ4v) is 3.81. The molecule has 0 atom stereocenters. The van der Waals surface area contributed by atoms with E-state index in [1.54, 1.807) is 89.7 Å². The van der Waals surface area contributed by atoms with Crippen LogP contribution in [-0.2, 0) is 0 Å². The minimum absolute atomic E-state index is 0.0700. The van der Waals surface area contributed by atoms with Crippen molar-refractivity contribution in [1.82, 2.24) is 9.80 Å². The maximum Gasteiger partial charge on any atom is 0.254 e. The van der Waals surface area contributed by atoms with Crippen LogP contribution in [0, 0.1) is 0 Å². The van der Waals surface area contributed by atoms with Crippen LogP contribution in [0.4, 0.5) is 0 Å². The van der Waals surface area contributed by atoms with Crippen LogP contribution < -0.4 is 4.74 Å². The lowest BCUT2D eigenvalue weighted by molar-refractivity contribution is 0.0534. The molecule has 162 valence electrons. The largest absolute Gasteiger partial charge is 0.497 e. The molecule has 1 fully saturated rings. The number of carbonyl (C=O) groups excluding carboxylic acids is 3. The Bertz CT molecular complexity index is 1120. The van der Waals surface area contributed by atoms with Crippen LogP contribution >= 0.6 is 0 Å². The van der Waals surface area contributed by atoms with Crippen LogP contribution in [0.2, 0.25) is 0 Å². The molecule has 1 aliphatic rings. The molecule has 0 unspecified atom stereocenters. The minimum atomic E-state index is -0.193. The van der Waals surface area contributed by atoms with E-state index >= 15 is 0 Å². The maximum absolute atomic E-state index is 13.2. The molecular formula is C26H24N2O4. The Labute approximate surface area is 187 Å². The molecule has 0 aromatic heterocycles. The zero-order valence-electron chi connectivity index (χ0n) is 17.9. The fraction of sp³-hybridized carbons (Fsp3) is 0.192. The summed E-state index contributed by atoms with van der Waals surface area (Å²) in [5, 5.41) is 0. The zero-order valence-corrected chi connectivity index (χ0v) is 17.9. The average molecular weight is 428 g/mol. The molecule has 2 amide bonds. The first-order chi connectivity index (χ1) is 15.6. The fourth-order valence-electron chi connectivity index (χ4n) is 3.81. The van der Waals surface area contributed by atoms with Gasteiger partial charge >= 0.3 is 0 Å². The lowest BCUT2D eigenvalue weighted by atomic mass is 9.97. The second-order valence-corrected chi connectivity index (χ2v) is 7.55. The second kappa shape index (κ2) is 9.47. The molecule has 3 aromatic carbocycles. The van der Waals surface area contributed by atoms with Gasteiger partial charge in [0.15, 0.2) is 5.78 Å². The molecule has 0 spiro atoms. The van der Waals surface area contributed by atoms with E-state index in [1.165, 1.54) is 0 Å². The van der Waals surface area contributed by atoms with E-state index in [0.717, 1.165) is 0 Å². The third-order valence-electron chi connectivity index (χ3n) is 5.63. The molecule has 4 rings (SSSR count). The monoisotopic (exact) mass is 428 g/mol. The number of ether oxygens (including phenoxy) is 1. The summed E-state index contributed by atoms with van der Waals surface area (Å²) < 4.78 is 5.14. The van der Waals surface area contributed by atoms with E-state index in [1.807, 2.05) is 6.07 Å². The van der Waals surface area contributed by atoms with Gasteiger partial charge < -0.3 is 14.5 Å². The van der Waals surface area contributed by atoms with Gasteiger partial charge in [-0.15, -0.1) is 0 Å². The number of hydrogen-bond donors (Lipinski definition) is 0. The van der Waals surface area contributed by atoms with Gasteiger partial charge in [-0.3, -0.25) is 14.4 Å². The summed E-state index contributed by atoms with van der Waals surface area (Å²) in [7, 11) is 1.58. The van der Waals surface area contributed by atoms with Crippen molar-refractivity contribution in [3.05, 3.63) is 101 Å². The van der Waals surface area contributed by atoms with Gasteiger partial charge in [0.05, 0.1) is 12.7 Å². The van der Waals surface area contributed by atoms with Gasteiger partial charge in [0, 0.05) is 42.9 Å². The van der Waals surface area contributed by atoms with Crippen molar-refractivity contribution in [3.8, 4) is 5.75 Å². The van der Waals surface area contributed by atoms with Crippen molar-refractivity contribution >= 4 is 17.6 Å². The summed E-state index contributed by atoms with van der Waals surface area (Å²) in [6.45, 7) is 1.69. The first-order valence-corrected chi connectivity index (χ1v) is 10.5. The van der Waals surface area contributed by atoms with Crippen LogP contribution in [-0.4, -0.2) is 60.7 Å². The molecule has 0 N–H and O–H groups in total. The van der Waals surface area contributed by atoms with E-state index < -0.39 is 0 Å². The Morgan fingerprint density at radius 1 is 0.625 bits per heavy atom. The Morgan fingerprint density at radius 2 is 1.16 bits per heavy atom. The maximum atomic E-state index is 13.2. The molecule has 0 bridgehead atoms. The highest BCUT2D eigenvalue weighted by Gasteiger charge is 2.27. The van der Waals surface area contributed by atoms with E-state index in [-0.39, 0.29) is 17.6 Å². The number of piperazine rings is 1. The lowest BCUT2D eigenvalue weighted by Gasteiger charge is -2.35. The number of methoxy groups -OCH3 is 1. The van der Waals surface area contributed by atoms with Crippen molar-refractivity contribution in [1.29, 1.82) is 0 Å². The first-order valence-electron chi connectivity index (χ1n) is 10.5. The summed E-state index contributed by atoms with van der Waals surface area (Å²) >= 11 is 0. The van der Waals surface area contributed by atoms with E-state index in [2.05, 4.69) is 0 Å². The number of amides is 2. The topological polar surface area (TPSA) is 66.9 Å². The first kappa shape index (κ1) is 21.3. The molecule has 1 heterocycles. The normalized spacial score (nSPS) is 13.5. The standard InChI is InChI=1S/C26H24N2O4/c1-32-21-13-11-20(12-14-21)25(30)27-15-17-28(18-16-27)26(31)23-10-6-5-9-22(23)24(29)19-7-3-2-4-8-19/h2-14H,15-18H2,1H3. The Hall–Kier alpha value is -3.93. The zero-order chi connectivity index (χ0) is 22.5. The highest BCUT2D eigenvalue weighted by atomic mass is 16.5. The Morgan fingerprint density at radius 3 is 1.75 bits per heavy atom. The molecule has 0 radical (unpaired) electrons. The molecule has 1 saturated heterocycles. The molecule has 1 aliphatic heterocycles. The SMILES string of the molecule is COc1ccc(C(=O)N2CCN(C(=O)c3ccccc3C(=O)c3ccccc3)CC2)cc1. The average Bonchev–Trinajstić information content (AvgIpc) is 2.88. The number of rotatable bonds is 5. The highest BCUT2D eigenvalue weighted by molar-refractivity contribution is 6.15. The quantitative estimate of drug-likeness (QED) is 0.583. The number of hydrogen-bond acceptors (Lipinski definition) is 4. The summed E-state index contributed by atoms with van der Waals surface area (Å²) in [5.74, 6) is 0.254. The molecule has 0 saturated carbocycles. The third-order valence-corrected chi connectivity index (χ3v) is 5.63. The van der Waals surface area contributed by atoms with Crippen LogP contribution in [0.15, 0.2) is 78.9 Å². The number of ketones is 1. The van der Waals surface area contributed by atoms with Crippen LogP contribution in [0.25, 0.3) is 0 Å². The van der Waals surface area contributed by atoms with Crippen LogP contribution in [0.3, 0.4) is 0 Å². The van der Waals surface area contributed by atoms with Crippen molar-refractivity contribution in [3.63, 3.8) is 0 Å². The minimum Gasteiger partial charge on any atom is -0.497 e. The molecule has 0 aliphatic carbocycles. The third kappa shape index (κ3) is 4.39. The lowest BCUT2D eigenvalue weighted by Crippen LogP contribution is -2.50. The molecule has 6 nitrogen and oxygen atoms in total. The summed E-state index contributed by atoms with van der Waals surface area (Å²) in [4.78, 5) is 42.4. The van der Waals surface area contributed by atoms with Gasteiger partial charge in [-0.2, -0.15) is 0 Å². The summed E-state index contributed by atoms with van der Waals surface area (Å²) in [5.41, 5.74) is 1.91. The van der Waals surface area contributed by atoms with Gasteiger partial charge in [-0.25, -0.2) is 0 Å². The highest BCUT2D eigenvalue weighted by Crippen LogP contribution is 2.19. The number of nitrogens with zero attached hydrogens (tertiary/aromatic N) is 2. The summed E-state index contributed by atoms with van der Waals surface area (Å²) in [6.07, 6.45) is 0. The van der Waals surface area contributed by atoms with Gasteiger partial charge in [-0.05, 0) is 30.3 Å². The Balaban J connectivity index is 1.45. The van der Waals surface area contributed by atoms with Crippen LogP contribution in [0.5, 0.6) is 5.75 Å². The van der Waals surface area contributed by atoms with Gasteiger partial charge in [-0.1, -0.05) is 48.5 Å². The van der Waals surface area contributed by atoms with Crippen molar-refractivity contribution in [2.45, 2.75) is 0 Å². The van der Waals surface area contributed by atoms with Crippen molar-refractivity contribution in [2.75, 3.05) is 33.3 Å². The second-order valence-electron chi connectivity index (χ2n) is 7.55. The molecule has 3 aromatic rings.